The van der Waals surface area contributed by atoms with E-state index in [9.17, 15) is 0 Å². The number of nitrogens with zero attached hydrogens (tertiary/aromatic N) is 4. The zero-order valence-corrected chi connectivity index (χ0v) is 19.6. The van der Waals surface area contributed by atoms with E-state index in [0.717, 1.165) is 62.3 Å². The van der Waals surface area contributed by atoms with Crippen LogP contribution < -0.4 is 10.6 Å². The summed E-state index contributed by atoms with van der Waals surface area (Å²) < 4.78 is 13.1. The number of aliphatic imine (C=N–C) groups is 1. The fraction of sp³-hybridized carbons (Fsp3) is 0.650. The van der Waals surface area contributed by atoms with Gasteiger partial charge in [0, 0.05) is 45.6 Å². The molecule has 1 aliphatic rings. The van der Waals surface area contributed by atoms with E-state index in [0.29, 0.717) is 19.8 Å². The van der Waals surface area contributed by atoms with Gasteiger partial charge in [-0.25, -0.2) is 0 Å². The van der Waals surface area contributed by atoms with Gasteiger partial charge < -0.3 is 24.4 Å². The molecule has 29 heavy (non-hydrogen) atoms. The van der Waals surface area contributed by atoms with Crippen molar-refractivity contribution in [1.29, 1.82) is 0 Å². The van der Waals surface area contributed by atoms with E-state index >= 15 is 0 Å². The minimum absolute atomic E-state index is 0. The molecule has 0 aliphatic carbocycles. The van der Waals surface area contributed by atoms with Crippen LogP contribution in [0.1, 0.15) is 50.0 Å². The van der Waals surface area contributed by atoms with E-state index in [1.54, 1.807) is 6.26 Å². The first-order valence-electron chi connectivity index (χ1n) is 10.4. The number of rotatable bonds is 10. The van der Waals surface area contributed by atoms with Gasteiger partial charge >= 0.3 is 0 Å². The van der Waals surface area contributed by atoms with Gasteiger partial charge in [-0.3, -0.25) is 4.99 Å². The smallest absolute Gasteiger partial charge is 0.191 e. The lowest BCUT2D eigenvalue weighted by Gasteiger charge is -2.12. The summed E-state index contributed by atoms with van der Waals surface area (Å²) >= 11 is 0. The Balaban J connectivity index is 0.00000300. The van der Waals surface area contributed by atoms with Gasteiger partial charge in [0.1, 0.15) is 24.0 Å². The Labute approximate surface area is 189 Å². The third kappa shape index (κ3) is 7.96. The molecular formula is C20H33IN6O2. The summed E-state index contributed by atoms with van der Waals surface area (Å²) in [7, 11) is 0. The summed E-state index contributed by atoms with van der Waals surface area (Å²) in [5, 5.41) is 15.4. The van der Waals surface area contributed by atoms with Gasteiger partial charge in [0.15, 0.2) is 5.96 Å². The maximum absolute atomic E-state index is 5.59. The quantitative estimate of drug-likeness (QED) is 0.219. The highest BCUT2D eigenvalue weighted by molar-refractivity contribution is 14.0. The van der Waals surface area contributed by atoms with E-state index in [4.69, 9.17) is 9.15 Å². The molecule has 0 amide bonds. The lowest BCUT2D eigenvalue weighted by molar-refractivity contribution is 0.105. The topological polar surface area (TPSA) is 89.5 Å². The van der Waals surface area contributed by atoms with E-state index in [1.807, 2.05) is 12.1 Å². The number of fused-ring (bicyclic) bond motifs is 1. The molecule has 1 aliphatic heterocycles. The minimum atomic E-state index is 0. The minimum Gasteiger partial charge on any atom is -0.467 e. The maximum atomic E-state index is 5.59. The highest BCUT2D eigenvalue weighted by Crippen LogP contribution is 2.14. The van der Waals surface area contributed by atoms with Crippen molar-refractivity contribution in [2.45, 2.75) is 58.6 Å². The monoisotopic (exact) mass is 516 g/mol. The number of aromatic nitrogens is 3. The largest absolute Gasteiger partial charge is 0.467 e. The third-order valence-electron chi connectivity index (χ3n) is 4.71. The molecule has 0 unspecified atom stereocenters. The van der Waals surface area contributed by atoms with Crippen LogP contribution in [0, 0.1) is 0 Å². The lowest BCUT2D eigenvalue weighted by Crippen LogP contribution is -2.38. The predicted octanol–water partition coefficient (Wildman–Crippen LogP) is 2.92. The van der Waals surface area contributed by atoms with Gasteiger partial charge in [0.05, 0.1) is 6.26 Å². The highest BCUT2D eigenvalue weighted by Gasteiger charge is 2.14. The number of furan rings is 1. The van der Waals surface area contributed by atoms with Crippen molar-refractivity contribution in [3.63, 3.8) is 0 Å². The molecule has 9 heteroatoms. The van der Waals surface area contributed by atoms with Gasteiger partial charge in [0.25, 0.3) is 0 Å². The highest BCUT2D eigenvalue weighted by atomic mass is 127. The van der Waals surface area contributed by atoms with Crippen LogP contribution in [0.3, 0.4) is 0 Å². The van der Waals surface area contributed by atoms with E-state index < -0.39 is 0 Å². The molecule has 3 rings (SSSR count). The lowest BCUT2D eigenvalue weighted by atomic mass is 10.2. The van der Waals surface area contributed by atoms with Crippen LogP contribution in [-0.2, 0) is 30.7 Å². The van der Waals surface area contributed by atoms with Gasteiger partial charge in [-0.1, -0.05) is 6.42 Å². The van der Waals surface area contributed by atoms with E-state index in [2.05, 4.69) is 37.3 Å². The van der Waals surface area contributed by atoms with Crippen LogP contribution in [0.15, 0.2) is 27.8 Å². The number of hydrogen-bond acceptors (Lipinski definition) is 5. The van der Waals surface area contributed by atoms with E-state index in [1.165, 1.54) is 19.3 Å². The zero-order valence-electron chi connectivity index (χ0n) is 17.2. The molecule has 0 radical (unpaired) electrons. The summed E-state index contributed by atoms with van der Waals surface area (Å²) in [6.07, 6.45) is 8.15. The fourth-order valence-corrected chi connectivity index (χ4v) is 3.29. The molecule has 2 aromatic rings. The first kappa shape index (κ1) is 23.7. The number of nitrogens with one attached hydrogen (secondary N) is 2. The first-order chi connectivity index (χ1) is 13.9. The van der Waals surface area contributed by atoms with Crippen LogP contribution >= 0.6 is 24.0 Å². The van der Waals surface area contributed by atoms with Crippen molar-refractivity contribution in [2.24, 2.45) is 4.99 Å². The van der Waals surface area contributed by atoms with Gasteiger partial charge in [-0.05, 0) is 38.3 Å². The van der Waals surface area contributed by atoms with Gasteiger partial charge in [-0.15, -0.1) is 34.2 Å². The van der Waals surface area contributed by atoms with Crippen LogP contribution in [-0.4, -0.2) is 47.0 Å². The molecule has 0 fully saturated rings. The summed E-state index contributed by atoms with van der Waals surface area (Å²) in [5.74, 6) is 3.91. The molecule has 2 aromatic heterocycles. The fourth-order valence-electron chi connectivity index (χ4n) is 3.29. The summed E-state index contributed by atoms with van der Waals surface area (Å²) in [6.45, 7) is 6.63. The molecule has 2 N–H and O–H groups in total. The molecule has 0 saturated heterocycles. The summed E-state index contributed by atoms with van der Waals surface area (Å²) in [5.41, 5.74) is 0. The average Bonchev–Trinajstić information content (AvgIpc) is 3.29. The Morgan fingerprint density at radius 3 is 3.03 bits per heavy atom. The van der Waals surface area contributed by atoms with Gasteiger partial charge in [0.2, 0.25) is 0 Å². The molecule has 0 aromatic carbocycles. The molecule has 0 spiro atoms. The number of guanidine groups is 1. The second kappa shape index (κ2) is 13.6. The van der Waals surface area contributed by atoms with Crippen molar-refractivity contribution in [2.75, 3.05) is 26.2 Å². The Morgan fingerprint density at radius 1 is 1.28 bits per heavy atom. The third-order valence-corrected chi connectivity index (χ3v) is 4.71. The Hall–Kier alpha value is -1.62. The van der Waals surface area contributed by atoms with Gasteiger partial charge in [-0.2, -0.15) is 0 Å². The SMILES string of the molecule is CCNC(=NCCCOCc1ccco1)NCCc1nnc2n1CCCCC2.I. The summed E-state index contributed by atoms with van der Waals surface area (Å²) in [4.78, 5) is 4.62. The van der Waals surface area contributed by atoms with Crippen molar-refractivity contribution < 1.29 is 9.15 Å². The number of halogens is 1. The molecule has 3 heterocycles. The van der Waals surface area contributed by atoms with Crippen LogP contribution in [0.4, 0.5) is 0 Å². The second-order valence-corrected chi connectivity index (χ2v) is 6.92. The van der Waals surface area contributed by atoms with Crippen molar-refractivity contribution in [3.8, 4) is 0 Å². The number of ether oxygens (including phenoxy) is 1. The number of aryl methyl sites for hydroxylation is 1. The Kier molecular flexibility index (Phi) is 11.1. The molecular weight excluding hydrogens is 483 g/mol. The summed E-state index contributed by atoms with van der Waals surface area (Å²) in [6, 6.07) is 3.79. The molecule has 8 nitrogen and oxygen atoms in total. The van der Waals surface area contributed by atoms with Crippen LogP contribution in [0.25, 0.3) is 0 Å². The van der Waals surface area contributed by atoms with Crippen molar-refractivity contribution in [1.82, 2.24) is 25.4 Å². The van der Waals surface area contributed by atoms with Crippen LogP contribution in [0.2, 0.25) is 0 Å². The maximum Gasteiger partial charge on any atom is 0.191 e. The Bertz CT molecular complexity index is 717. The van der Waals surface area contributed by atoms with Crippen molar-refractivity contribution in [3.05, 3.63) is 35.8 Å². The van der Waals surface area contributed by atoms with Crippen LogP contribution in [0.5, 0.6) is 0 Å². The predicted molar refractivity (Wildman–Crippen MR) is 124 cm³/mol. The standard InChI is InChI=1S/C20H32N6O2.HI/c1-2-21-20(22-11-7-14-27-16-17-8-6-15-28-17)23-12-10-19-25-24-18-9-4-3-5-13-26(18)19;/h6,8,15H,2-5,7,9-14,16H2,1H3,(H2,21,22,23);1H. The molecule has 162 valence electrons. The molecule has 0 atom stereocenters. The molecule has 0 bridgehead atoms. The van der Waals surface area contributed by atoms with E-state index in [-0.39, 0.29) is 24.0 Å². The number of hydrogen-bond donors (Lipinski definition) is 2. The second-order valence-electron chi connectivity index (χ2n) is 6.92. The van der Waals surface area contributed by atoms with Crippen molar-refractivity contribution >= 4 is 29.9 Å². The molecule has 0 saturated carbocycles. The first-order valence-corrected chi connectivity index (χ1v) is 10.4. The Morgan fingerprint density at radius 2 is 2.21 bits per heavy atom. The average molecular weight is 516 g/mol. The zero-order chi connectivity index (χ0) is 19.4. The normalized spacial score (nSPS) is 14.0.